The molecule has 0 spiro atoms. The Balaban J connectivity index is 2.39. The topological polar surface area (TPSA) is 50.7 Å². The van der Waals surface area contributed by atoms with Crippen molar-refractivity contribution in [3.63, 3.8) is 0 Å². The Kier molecular flexibility index (Phi) is 3.86. The maximum absolute atomic E-state index is 9.08. The Labute approximate surface area is 102 Å². The molecule has 17 heavy (non-hydrogen) atoms. The van der Waals surface area contributed by atoms with Crippen molar-refractivity contribution in [1.29, 1.82) is 0 Å². The summed E-state index contributed by atoms with van der Waals surface area (Å²) in [5.41, 5.74) is 2.49. The van der Waals surface area contributed by atoms with E-state index in [1.165, 1.54) is 11.1 Å². The number of rotatable bonds is 4. The van der Waals surface area contributed by atoms with Gasteiger partial charge in [-0.15, -0.1) is 0 Å². The highest BCUT2D eigenvalue weighted by atomic mass is 16.5. The lowest BCUT2D eigenvalue weighted by molar-refractivity contribution is 0.262. The smallest absolute Gasteiger partial charge is 0.161 e. The van der Waals surface area contributed by atoms with Crippen LogP contribution in [0, 0.1) is 0 Å². The van der Waals surface area contributed by atoms with Crippen molar-refractivity contribution < 1.29 is 14.6 Å². The van der Waals surface area contributed by atoms with Crippen LogP contribution in [-0.4, -0.2) is 32.5 Å². The van der Waals surface area contributed by atoms with Gasteiger partial charge in [0.05, 0.1) is 14.2 Å². The summed E-state index contributed by atoms with van der Waals surface area (Å²) in [5, 5.41) is 12.5. The maximum atomic E-state index is 9.08. The SMILES string of the molecule is COc1cc2c(cc1OC)[C@H](CCO)NCC2. The molecule has 0 amide bonds. The second kappa shape index (κ2) is 5.38. The predicted molar refractivity (Wildman–Crippen MR) is 65.7 cm³/mol. The van der Waals surface area contributed by atoms with Gasteiger partial charge >= 0.3 is 0 Å². The number of benzene rings is 1. The van der Waals surface area contributed by atoms with Crippen LogP contribution >= 0.6 is 0 Å². The molecule has 1 heterocycles. The first-order chi connectivity index (χ1) is 8.30. The summed E-state index contributed by atoms with van der Waals surface area (Å²) in [7, 11) is 3.29. The van der Waals surface area contributed by atoms with E-state index in [1.807, 2.05) is 12.1 Å². The van der Waals surface area contributed by atoms with E-state index in [9.17, 15) is 0 Å². The first-order valence-corrected chi connectivity index (χ1v) is 5.89. The van der Waals surface area contributed by atoms with Crippen LogP contribution in [0.4, 0.5) is 0 Å². The van der Waals surface area contributed by atoms with Crippen LogP contribution in [0.2, 0.25) is 0 Å². The molecule has 0 aromatic heterocycles. The second-order valence-corrected chi connectivity index (χ2v) is 4.17. The standard InChI is InChI=1S/C13H19NO3/c1-16-12-7-9-3-5-14-11(4-6-15)10(9)8-13(12)17-2/h7-8,11,14-15H,3-6H2,1-2H3/t11-/m0/s1. The van der Waals surface area contributed by atoms with Crippen molar-refractivity contribution in [2.24, 2.45) is 0 Å². The largest absolute Gasteiger partial charge is 0.493 e. The van der Waals surface area contributed by atoms with Crippen LogP contribution in [0.3, 0.4) is 0 Å². The molecule has 0 saturated heterocycles. The van der Waals surface area contributed by atoms with E-state index in [1.54, 1.807) is 14.2 Å². The summed E-state index contributed by atoms with van der Waals surface area (Å²) in [6.45, 7) is 1.12. The molecule has 1 atom stereocenters. The average molecular weight is 237 g/mol. The fourth-order valence-electron chi connectivity index (χ4n) is 2.36. The number of hydrogen-bond donors (Lipinski definition) is 2. The van der Waals surface area contributed by atoms with E-state index in [-0.39, 0.29) is 12.6 Å². The summed E-state index contributed by atoms with van der Waals surface area (Å²) < 4.78 is 10.6. The Morgan fingerprint density at radius 2 is 2.00 bits per heavy atom. The summed E-state index contributed by atoms with van der Waals surface area (Å²) >= 11 is 0. The molecule has 0 unspecified atom stereocenters. The fraction of sp³-hybridized carbons (Fsp3) is 0.538. The lowest BCUT2D eigenvalue weighted by atomic mass is 9.92. The summed E-state index contributed by atoms with van der Waals surface area (Å²) in [6, 6.07) is 4.27. The third-order valence-electron chi connectivity index (χ3n) is 3.22. The van der Waals surface area contributed by atoms with Gasteiger partial charge in [-0.2, -0.15) is 0 Å². The van der Waals surface area contributed by atoms with E-state index in [0.717, 1.165) is 30.9 Å². The van der Waals surface area contributed by atoms with Crippen molar-refractivity contribution in [2.75, 3.05) is 27.4 Å². The quantitative estimate of drug-likeness (QED) is 0.828. The van der Waals surface area contributed by atoms with Gasteiger partial charge in [-0.1, -0.05) is 0 Å². The molecular formula is C13H19NO3. The minimum atomic E-state index is 0.186. The molecule has 0 fully saturated rings. The van der Waals surface area contributed by atoms with Crippen LogP contribution in [-0.2, 0) is 6.42 Å². The summed E-state index contributed by atoms with van der Waals surface area (Å²) in [4.78, 5) is 0. The van der Waals surface area contributed by atoms with Gasteiger partial charge in [0.25, 0.3) is 0 Å². The third kappa shape index (κ3) is 2.37. The van der Waals surface area contributed by atoms with Crippen molar-refractivity contribution in [2.45, 2.75) is 18.9 Å². The Morgan fingerprint density at radius 3 is 2.65 bits per heavy atom. The number of methoxy groups -OCH3 is 2. The summed E-state index contributed by atoms with van der Waals surface area (Å²) in [6.07, 6.45) is 1.71. The Morgan fingerprint density at radius 1 is 1.29 bits per heavy atom. The lowest BCUT2D eigenvalue weighted by Crippen LogP contribution is -2.30. The first-order valence-electron chi connectivity index (χ1n) is 5.89. The molecule has 2 rings (SSSR count). The molecule has 0 bridgehead atoms. The van der Waals surface area contributed by atoms with Crippen molar-refractivity contribution in [3.05, 3.63) is 23.3 Å². The van der Waals surface area contributed by atoms with Crippen LogP contribution in [0.25, 0.3) is 0 Å². The molecule has 4 nitrogen and oxygen atoms in total. The number of aliphatic hydroxyl groups is 1. The molecule has 1 aliphatic rings. The molecule has 94 valence electrons. The third-order valence-corrected chi connectivity index (χ3v) is 3.22. The number of fused-ring (bicyclic) bond motifs is 1. The van der Waals surface area contributed by atoms with Crippen LogP contribution in [0.15, 0.2) is 12.1 Å². The maximum Gasteiger partial charge on any atom is 0.161 e. The summed E-state index contributed by atoms with van der Waals surface area (Å²) in [5.74, 6) is 1.52. The molecule has 4 heteroatoms. The zero-order valence-corrected chi connectivity index (χ0v) is 10.3. The normalized spacial score (nSPS) is 18.6. The van der Waals surface area contributed by atoms with Gasteiger partial charge < -0.3 is 19.9 Å². The lowest BCUT2D eigenvalue weighted by Gasteiger charge is -2.27. The molecule has 2 N–H and O–H groups in total. The molecule has 0 radical (unpaired) electrons. The molecule has 0 saturated carbocycles. The van der Waals surface area contributed by atoms with Gasteiger partial charge in [0.2, 0.25) is 0 Å². The molecule has 1 aromatic carbocycles. The van der Waals surface area contributed by atoms with Gasteiger partial charge in [-0.25, -0.2) is 0 Å². The number of hydrogen-bond acceptors (Lipinski definition) is 4. The minimum absolute atomic E-state index is 0.186. The highest BCUT2D eigenvalue weighted by molar-refractivity contribution is 5.49. The van der Waals surface area contributed by atoms with E-state index >= 15 is 0 Å². The van der Waals surface area contributed by atoms with E-state index in [2.05, 4.69) is 5.32 Å². The molecular weight excluding hydrogens is 218 g/mol. The van der Waals surface area contributed by atoms with Crippen LogP contribution in [0.5, 0.6) is 11.5 Å². The minimum Gasteiger partial charge on any atom is -0.493 e. The van der Waals surface area contributed by atoms with Gasteiger partial charge in [0.1, 0.15) is 0 Å². The molecule has 1 aliphatic heterocycles. The Bertz CT molecular complexity index is 392. The van der Waals surface area contributed by atoms with Crippen molar-refractivity contribution in [3.8, 4) is 11.5 Å². The zero-order valence-electron chi connectivity index (χ0n) is 10.3. The highest BCUT2D eigenvalue weighted by Gasteiger charge is 2.21. The number of aliphatic hydroxyl groups excluding tert-OH is 1. The monoisotopic (exact) mass is 237 g/mol. The highest BCUT2D eigenvalue weighted by Crippen LogP contribution is 2.35. The Hall–Kier alpha value is -1.26. The van der Waals surface area contributed by atoms with Gasteiger partial charge in [-0.3, -0.25) is 0 Å². The van der Waals surface area contributed by atoms with Gasteiger partial charge in [0.15, 0.2) is 11.5 Å². The van der Waals surface area contributed by atoms with E-state index in [0.29, 0.717) is 0 Å². The van der Waals surface area contributed by atoms with Crippen molar-refractivity contribution >= 4 is 0 Å². The number of nitrogens with one attached hydrogen (secondary N) is 1. The predicted octanol–water partition coefficient (Wildman–Crippen LogP) is 1.27. The van der Waals surface area contributed by atoms with E-state index < -0.39 is 0 Å². The average Bonchev–Trinajstić information content (AvgIpc) is 2.38. The number of ether oxygens (including phenoxy) is 2. The van der Waals surface area contributed by atoms with Gasteiger partial charge in [0, 0.05) is 12.6 Å². The second-order valence-electron chi connectivity index (χ2n) is 4.17. The molecule has 0 aliphatic carbocycles. The van der Waals surface area contributed by atoms with Crippen LogP contribution < -0.4 is 14.8 Å². The van der Waals surface area contributed by atoms with Crippen molar-refractivity contribution in [1.82, 2.24) is 5.32 Å². The first kappa shape index (κ1) is 12.2. The van der Waals surface area contributed by atoms with Crippen LogP contribution in [0.1, 0.15) is 23.6 Å². The zero-order chi connectivity index (χ0) is 12.3. The molecule has 1 aromatic rings. The van der Waals surface area contributed by atoms with Gasteiger partial charge in [-0.05, 0) is 42.6 Å². The van der Waals surface area contributed by atoms with E-state index in [4.69, 9.17) is 14.6 Å². The fourth-order valence-corrected chi connectivity index (χ4v) is 2.36.